The van der Waals surface area contributed by atoms with Crippen molar-refractivity contribution < 1.29 is 12.8 Å². The molecule has 0 fully saturated rings. The third-order valence-corrected chi connectivity index (χ3v) is 4.26. The lowest BCUT2D eigenvalue weighted by atomic mass is 10.2. The predicted octanol–water partition coefficient (Wildman–Crippen LogP) is 1.86. The van der Waals surface area contributed by atoms with Crippen LogP contribution in [0.25, 0.3) is 0 Å². The molecule has 20 heavy (non-hydrogen) atoms. The predicted molar refractivity (Wildman–Crippen MR) is 74.4 cm³/mol. The van der Waals surface area contributed by atoms with E-state index >= 15 is 0 Å². The lowest BCUT2D eigenvalue weighted by Gasteiger charge is -2.10. The van der Waals surface area contributed by atoms with Gasteiger partial charge in [-0.25, -0.2) is 12.8 Å². The van der Waals surface area contributed by atoms with E-state index in [-0.39, 0.29) is 16.1 Å². The third-order valence-electron chi connectivity index (χ3n) is 2.93. The van der Waals surface area contributed by atoms with Gasteiger partial charge in [-0.2, -0.15) is 5.10 Å². The zero-order valence-electron chi connectivity index (χ0n) is 11.3. The van der Waals surface area contributed by atoms with E-state index in [0.717, 1.165) is 6.07 Å². The minimum atomic E-state index is -3.85. The number of nitrogens with one attached hydrogen (secondary N) is 2. The van der Waals surface area contributed by atoms with Crippen LogP contribution in [0.15, 0.2) is 17.0 Å². The molecule has 0 aliphatic heterocycles. The Balaban J connectivity index is 2.46. The summed E-state index contributed by atoms with van der Waals surface area (Å²) in [5.41, 5.74) is 6.94. The van der Waals surface area contributed by atoms with Crippen LogP contribution in [0, 0.1) is 26.6 Å². The first-order valence-corrected chi connectivity index (χ1v) is 7.30. The summed E-state index contributed by atoms with van der Waals surface area (Å²) in [5, 5.41) is 6.59. The van der Waals surface area contributed by atoms with Crippen molar-refractivity contribution in [3.8, 4) is 0 Å². The average Bonchev–Trinajstić information content (AvgIpc) is 2.66. The van der Waals surface area contributed by atoms with E-state index in [9.17, 15) is 12.8 Å². The van der Waals surface area contributed by atoms with Crippen molar-refractivity contribution in [2.45, 2.75) is 25.7 Å². The normalized spacial score (nSPS) is 11.6. The lowest BCUT2D eigenvalue weighted by molar-refractivity contribution is 0.599. The van der Waals surface area contributed by atoms with Crippen molar-refractivity contribution in [1.29, 1.82) is 0 Å². The quantitative estimate of drug-likeness (QED) is 0.753. The van der Waals surface area contributed by atoms with E-state index in [4.69, 9.17) is 5.73 Å². The number of rotatable bonds is 3. The number of hydrogen-bond acceptors (Lipinski definition) is 4. The van der Waals surface area contributed by atoms with Gasteiger partial charge in [0.15, 0.2) is 0 Å². The standard InChI is InChI=1S/C12H15FN4O2S/c1-6-4-9(5-10(14)11(6)13)20(18,19)17-12-7(2)15-16-8(12)3/h4-5,17H,14H2,1-3H3,(H,15,16). The minimum Gasteiger partial charge on any atom is -0.396 e. The maximum Gasteiger partial charge on any atom is 0.262 e. The highest BCUT2D eigenvalue weighted by molar-refractivity contribution is 7.92. The van der Waals surface area contributed by atoms with E-state index in [0.29, 0.717) is 17.1 Å². The Kier molecular flexibility index (Phi) is 3.43. The van der Waals surface area contributed by atoms with E-state index in [1.807, 2.05) is 0 Å². The molecule has 0 radical (unpaired) electrons. The summed E-state index contributed by atoms with van der Waals surface area (Å²) in [6.07, 6.45) is 0. The van der Waals surface area contributed by atoms with Crippen LogP contribution in [0.3, 0.4) is 0 Å². The van der Waals surface area contributed by atoms with Crippen LogP contribution in [-0.2, 0) is 10.0 Å². The number of nitrogen functional groups attached to an aromatic ring is 1. The molecule has 2 aromatic rings. The summed E-state index contributed by atoms with van der Waals surface area (Å²) in [6, 6.07) is 2.33. The molecule has 6 nitrogen and oxygen atoms in total. The highest BCUT2D eigenvalue weighted by atomic mass is 32.2. The van der Waals surface area contributed by atoms with Gasteiger partial charge in [0.2, 0.25) is 0 Å². The summed E-state index contributed by atoms with van der Waals surface area (Å²) in [5.74, 6) is -0.611. The zero-order valence-corrected chi connectivity index (χ0v) is 12.1. The molecule has 2 rings (SSSR count). The number of aromatic nitrogens is 2. The van der Waals surface area contributed by atoms with Gasteiger partial charge in [0.25, 0.3) is 10.0 Å². The number of aromatic amines is 1. The van der Waals surface area contributed by atoms with Gasteiger partial charge in [-0.15, -0.1) is 0 Å². The molecule has 1 heterocycles. The minimum absolute atomic E-state index is 0.0890. The lowest BCUT2D eigenvalue weighted by Crippen LogP contribution is -2.15. The van der Waals surface area contributed by atoms with Crippen molar-refractivity contribution in [1.82, 2.24) is 10.2 Å². The van der Waals surface area contributed by atoms with Crippen LogP contribution in [0.1, 0.15) is 17.0 Å². The molecule has 1 aromatic heterocycles. The van der Waals surface area contributed by atoms with Crippen LogP contribution in [0.5, 0.6) is 0 Å². The SMILES string of the molecule is Cc1cc(S(=O)(=O)Nc2c(C)n[nH]c2C)cc(N)c1F. The summed E-state index contributed by atoms with van der Waals surface area (Å²) < 4.78 is 40.5. The van der Waals surface area contributed by atoms with Gasteiger partial charge in [-0.3, -0.25) is 9.82 Å². The molecule has 0 saturated carbocycles. The number of hydrogen-bond donors (Lipinski definition) is 3. The molecule has 0 bridgehead atoms. The molecule has 0 amide bonds. The highest BCUT2D eigenvalue weighted by Crippen LogP contribution is 2.25. The van der Waals surface area contributed by atoms with E-state index in [1.54, 1.807) is 13.8 Å². The second-order valence-corrected chi connectivity index (χ2v) is 6.24. The maximum absolute atomic E-state index is 13.4. The molecule has 0 spiro atoms. The Morgan fingerprint density at radius 3 is 2.45 bits per heavy atom. The molecule has 0 unspecified atom stereocenters. The van der Waals surface area contributed by atoms with Crippen LogP contribution in [0.2, 0.25) is 0 Å². The third kappa shape index (κ3) is 2.46. The fourth-order valence-corrected chi connectivity index (χ4v) is 3.11. The van der Waals surface area contributed by atoms with Crippen molar-refractivity contribution in [3.63, 3.8) is 0 Å². The molecular weight excluding hydrogens is 283 g/mol. The Hall–Kier alpha value is -2.09. The summed E-state index contributed by atoms with van der Waals surface area (Å²) in [6.45, 7) is 4.83. The number of halogens is 1. The van der Waals surface area contributed by atoms with Gasteiger partial charge in [0.05, 0.1) is 27.7 Å². The molecule has 0 atom stereocenters. The van der Waals surface area contributed by atoms with Gasteiger partial charge in [-0.1, -0.05) is 0 Å². The number of H-pyrrole nitrogens is 1. The van der Waals surface area contributed by atoms with Crippen LogP contribution in [0.4, 0.5) is 15.8 Å². The van der Waals surface area contributed by atoms with Gasteiger partial charge in [-0.05, 0) is 38.5 Å². The van der Waals surface area contributed by atoms with Gasteiger partial charge < -0.3 is 5.73 Å². The summed E-state index contributed by atoms with van der Waals surface area (Å²) in [4.78, 5) is -0.0890. The molecule has 0 aliphatic carbocycles. The van der Waals surface area contributed by atoms with E-state index in [2.05, 4.69) is 14.9 Å². The number of nitrogens with two attached hydrogens (primary N) is 1. The summed E-state index contributed by atoms with van der Waals surface area (Å²) >= 11 is 0. The van der Waals surface area contributed by atoms with Crippen LogP contribution < -0.4 is 10.5 Å². The number of anilines is 2. The molecule has 8 heteroatoms. The Labute approximate surface area is 116 Å². The number of benzene rings is 1. The first kappa shape index (κ1) is 14.3. The van der Waals surface area contributed by atoms with Gasteiger partial charge >= 0.3 is 0 Å². The van der Waals surface area contributed by atoms with Crippen molar-refractivity contribution in [3.05, 3.63) is 34.9 Å². The van der Waals surface area contributed by atoms with Crippen molar-refractivity contribution in [2.24, 2.45) is 0 Å². The zero-order chi connectivity index (χ0) is 15.1. The number of nitrogens with zero attached hydrogens (tertiary/aromatic N) is 1. The topological polar surface area (TPSA) is 101 Å². The number of sulfonamides is 1. The Bertz CT molecular complexity index is 725. The van der Waals surface area contributed by atoms with Gasteiger partial charge in [0.1, 0.15) is 5.82 Å². The Morgan fingerprint density at radius 1 is 1.30 bits per heavy atom. The fourth-order valence-electron chi connectivity index (χ4n) is 1.81. The molecule has 0 aliphatic rings. The van der Waals surface area contributed by atoms with E-state index < -0.39 is 15.8 Å². The van der Waals surface area contributed by atoms with Crippen molar-refractivity contribution in [2.75, 3.05) is 10.5 Å². The van der Waals surface area contributed by atoms with E-state index in [1.165, 1.54) is 13.0 Å². The Morgan fingerprint density at radius 2 is 1.95 bits per heavy atom. The van der Waals surface area contributed by atoms with Crippen LogP contribution >= 0.6 is 0 Å². The molecular formula is C12H15FN4O2S. The molecule has 108 valence electrons. The summed E-state index contributed by atoms with van der Waals surface area (Å²) in [7, 11) is -3.85. The molecule has 1 aromatic carbocycles. The van der Waals surface area contributed by atoms with Crippen LogP contribution in [-0.4, -0.2) is 18.6 Å². The van der Waals surface area contributed by atoms with Crippen molar-refractivity contribution >= 4 is 21.4 Å². The second kappa shape index (κ2) is 4.78. The first-order chi connectivity index (χ1) is 9.22. The smallest absolute Gasteiger partial charge is 0.262 e. The second-order valence-electron chi connectivity index (χ2n) is 4.56. The fraction of sp³-hybridized carbons (Fsp3) is 0.250. The van der Waals surface area contributed by atoms with Gasteiger partial charge in [0, 0.05) is 0 Å². The molecule has 4 N–H and O–H groups in total. The largest absolute Gasteiger partial charge is 0.396 e. The monoisotopic (exact) mass is 298 g/mol. The highest BCUT2D eigenvalue weighted by Gasteiger charge is 2.20. The first-order valence-electron chi connectivity index (χ1n) is 5.82. The average molecular weight is 298 g/mol. The molecule has 0 saturated heterocycles. The maximum atomic E-state index is 13.4. The number of aryl methyl sites for hydroxylation is 3.